The SMILES string of the molecule is CC(=O)Nc1ccc(Sc2cccs2)cc1. The maximum atomic E-state index is 10.8. The van der Waals surface area contributed by atoms with E-state index in [2.05, 4.69) is 16.8 Å². The normalized spacial score (nSPS) is 10.1. The first kappa shape index (κ1) is 11.2. The van der Waals surface area contributed by atoms with Gasteiger partial charge in [-0.05, 0) is 35.7 Å². The molecule has 0 aliphatic heterocycles. The Hall–Kier alpha value is -1.26. The van der Waals surface area contributed by atoms with Crippen LogP contribution < -0.4 is 5.32 Å². The molecule has 0 aliphatic rings. The fraction of sp³-hybridized carbons (Fsp3) is 0.0833. The van der Waals surface area contributed by atoms with Gasteiger partial charge < -0.3 is 5.32 Å². The third kappa shape index (κ3) is 3.12. The number of anilines is 1. The minimum Gasteiger partial charge on any atom is -0.326 e. The zero-order valence-electron chi connectivity index (χ0n) is 8.77. The van der Waals surface area contributed by atoms with Crippen LogP contribution >= 0.6 is 23.1 Å². The minimum absolute atomic E-state index is 0.0429. The van der Waals surface area contributed by atoms with Gasteiger partial charge in [-0.15, -0.1) is 11.3 Å². The molecule has 16 heavy (non-hydrogen) atoms. The highest BCUT2D eigenvalue weighted by Gasteiger charge is 1.99. The molecule has 82 valence electrons. The number of hydrogen-bond donors (Lipinski definition) is 1. The van der Waals surface area contributed by atoms with Gasteiger partial charge in [0.2, 0.25) is 5.91 Å². The summed E-state index contributed by atoms with van der Waals surface area (Å²) in [6.45, 7) is 1.51. The van der Waals surface area contributed by atoms with Crippen molar-refractivity contribution in [2.45, 2.75) is 16.0 Å². The quantitative estimate of drug-likeness (QED) is 0.895. The molecule has 4 heteroatoms. The van der Waals surface area contributed by atoms with Crippen molar-refractivity contribution < 1.29 is 4.79 Å². The average Bonchev–Trinajstić information content (AvgIpc) is 2.73. The van der Waals surface area contributed by atoms with Crippen molar-refractivity contribution in [3.8, 4) is 0 Å². The summed E-state index contributed by atoms with van der Waals surface area (Å²) < 4.78 is 1.27. The highest BCUT2D eigenvalue weighted by molar-refractivity contribution is 8.01. The molecule has 0 aliphatic carbocycles. The lowest BCUT2D eigenvalue weighted by Gasteiger charge is -2.03. The average molecular weight is 249 g/mol. The molecule has 0 saturated carbocycles. The van der Waals surface area contributed by atoms with Crippen molar-refractivity contribution in [3.63, 3.8) is 0 Å². The van der Waals surface area contributed by atoms with Gasteiger partial charge in [0.15, 0.2) is 0 Å². The fourth-order valence-corrected chi connectivity index (χ4v) is 2.99. The Bertz CT molecular complexity index is 462. The van der Waals surface area contributed by atoms with Gasteiger partial charge in [0, 0.05) is 17.5 Å². The molecule has 1 amide bonds. The topological polar surface area (TPSA) is 29.1 Å². The second-order valence-corrected chi connectivity index (χ2v) is 5.56. The van der Waals surface area contributed by atoms with E-state index < -0.39 is 0 Å². The maximum absolute atomic E-state index is 10.8. The molecular weight excluding hydrogens is 238 g/mol. The van der Waals surface area contributed by atoms with E-state index in [0.29, 0.717) is 0 Å². The van der Waals surface area contributed by atoms with E-state index in [1.807, 2.05) is 30.3 Å². The Morgan fingerprint density at radius 2 is 2.00 bits per heavy atom. The Labute approximate surface area is 103 Å². The summed E-state index contributed by atoms with van der Waals surface area (Å²) in [7, 11) is 0. The summed E-state index contributed by atoms with van der Waals surface area (Å²) in [5.74, 6) is -0.0429. The minimum atomic E-state index is -0.0429. The van der Waals surface area contributed by atoms with Crippen LogP contribution in [0.1, 0.15) is 6.92 Å². The lowest BCUT2D eigenvalue weighted by atomic mass is 10.3. The molecule has 1 heterocycles. The zero-order valence-corrected chi connectivity index (χ0v) is 10.4. The van der Waals surface area contributed by atoms with Crippen LogP contribution in [0.4, 0.5) is 5.69 Å². The molecule has 0 unspecified atom stereocenters. The Morgan fingerprint density at radius 1 is 1.25 bits per heavy atom. The van der Waals surface area contributed by atoms with E-state index >= 15 is 0 Å². The van der Waals surface area contributed by atoms with E-state index in [1.165, 1.54) is 16.0 Å². The maximum Gasteiger partial charge on any atom is 0.221 e. The Morgan fingerprint density at radius 3 is 2.56 bits per heavy atom. The smallest absolute Gasteiger partial charge is 0.221 e. The number of thiophene rings is 1. The van der Waals surface area contributed by atoms with Gasteiger partial charge >= 0.3 is 0 Å². The van der Waals surface area contributed by atoms with Gasteiger partial charge in [0.25, 0.3) is 0 Å². The van der Waals surface area contributed by atoms with Crippen LogP contribution in [-0.2, 0) is 4.79 Å². The van der Waals surface area contributed by atoms with Crippen LogP contribution in [0.5, 0.6) is 0 Å². The number of carbonyl (C=O) groups excluding carboxylic acids is 1. The molecule has 2 aromatic rings. The molecule has 2 rings (SSSR count). The standard InChI is InChI=1S/C12H11NOS2/c1-9(14)13-10-4-6-11(7-5-10)16-12-3-2-8-15-12/h2-8H,1H3,(H,13,14). The van der Waals surface area contributed by atoms with Crippen LogP contribution in [0, 0.1) is 0 Å². The van der Waals surface area contributed by atoms with Crippen molar-refractivity contribution in [2.75, 3.05) is 5.32 Å². The summed E-state index contributed by atoms with van der Waals surface area (Å²) in [6, 6.07) is 12.0. The monoisotopic (exact) mass is 249 g/mol. The molecule has 0 fully saturated rings. The van der Waals surface area contributed by atoms with Crippen LogP contribution in [0.3, 0.4) is 0 Å². The van der Waals surface area contributed by atoms with Gasteiger partial charge in [-0.25, -0.2) is 0 Å². The first-order valence-electron chi connectivity index (χ1n) is 4.83. The predicted octanol–water partition coefficient (Wildman–Crippen LogP) is 3.86. The van der Waals surface area contributed by atoms with Crippen molar-refractivity contribution in [1.82, 2.24) is 0 Å². The Balaban J connectivity index is 2.05. The fourth-order valence-electron chi connectivity index (χ4n) is 1.25. The number of rotatable bonds is 3. The second kappa shape index (κ2) is 5.18. The van der Waals surface area contributed by atoms with Gasteiger partial charge in [-0.3, -0.25) is 4.79 Å². The van der Waals surface area contributed by atoms with Crippen molar-refractivity contribution in [1.29, 1.82) is 0 Å². The largest absolute Gasteiger partial charge is 0.326 e. The summed E-state index contributed by atoms with van der Waals surface area (Å²) in [5, 5.41) is 4.81. The summed E-state index contributed by atoms with van der Waals surface area (Å²) in [4.78, 5) is 12.0. The van der Waals surface area contributed by atoms with Gasteiger partial charge in [0.1, 0.15) is 0 Å². The number of carbonyl (C=O) groups is 1. The predicted molar refractivity (Wildman–Crippen MR) is 69.2 cm³/mol. The van der Waals surface area contributed by atoms with Crippen LogP contribution in [0.15, 0.2) is 50.9 Å². The molecule has 1 aromatic heterocycles. The second-order valence-electron chi connectivity index (χ2n) is 3.24. The zero-order chi connectivity index (χ0) is 11.4. The highest BCUT2D eigenvalue weighted by atomic mass is 32.2. The van der Waals surface area contributed by atoms with Crippen molar-refractivity contribution >= 4 is 34.7 Å². The van der Waals surface area contributed by atoms with Crippen molar-refractivity contribution in [2.24, 2.45) is 0 Å². The van der Waals surface area contributed by atoms with Gasteiger partial charge in [-0.2, -0.15) is 0 Å². The van der Waals surface area contributed by atoms with Gasteiger partial charge in [0.05, 0.1) is 4.21 Å². The lowest BCUT2D eigenvalue weighted by Crippen LogP contribution is -2.05. The first-order chi connectivity index (χ1) is 7.74. The molecular formula is C12H11NOS2. The van der Waals surface area contributed by atoms with Crippen molar-refractivity contribution in [3.05, 3.63) is 41.8 Å². The van der Waals surface area contributed by atoms with E-state index in [-0.39, 0.29) is 5.91 Å². The Kier molecular flexibility index (Phi) is 3.64. The number of hydrogen-bond acceptors (Lipinski definition) is 3. The molecule has 0 radical (unpaired) electrons. The summed E-state index contributed by atoms with van der Waals surface area (Å²) >= 11 is 3.45. The molecule has 0 bridgehead atoms. The third-order valence-corrected chi connectivity index (χ3v) is 3.93. The van der Waals surface area contributed by atoms with Crippen LogP contribution in [0.25, 0.3) is 0 Å². The third-order valence-electron chi connectivity index (χ3n) is 1.89. The molecule has 1 aromatic carbocycles. The molecule has 2 nitrogen and oxygen atoms in total. The molecule has 0 saturated heterocycles. The lowest BCUT2D eigenvalue weighted by molar-refractivity contribution is -0.114. The molecule has 0 spiro atoms. The van der Waals surface area contributed by atoms with Gasteiger partial charge in [-0.1, -0.05) is 17.8 Å². The number of nitrogens with one attached hydrogen (secondary N) is 1. The van der Waals surface area contributed by atoms with Crippen LogP contribution in [-0.4, -0.2) is 5.91 Å². The number of amides is 1. The van der Waals surface area contributed by atoms with E-state index in [0.717, 1.165) is 5.69 Å². The van der Waals surface area contributed by atoms with E-state index in [1.54, 1.807) is 23.1 Å². The first-order valence-corrected chi connectivity index (χ1v) is 6.53. The molecule has 1 N–H and O–H groups in total. The summed E-state index contributed by atoms with van der Waals surface area (Å²) in [5.41, 5.74) is 0.836. The molecule has 0 atom stereocenters. The number of benzene rings is 1. The highest BCUT2D eigenvalue weighted by Crippen LogP contribution is 2.31. The summed E-state index contributed by atoms with van der Waals surface area (Å²) in [6.07, 6.45) is 0. The van der Waals surface area contributed by atoms with E-state index in [4.69, 9.17) is 0 Å². The van der Waals surface area contributed by atoms with Crippen LogP contribution in [0.2, 0.25) is 0 Å². The van der Waals surface area contributed by atoms with E-state index in [9.17, 15) is 4.79 Å².